The summed E-state index contributed by atoms with van der Waals surface area (Å²) in [5.41, 5.74) is 0. The van der Waals surface area contributed by atoms with Gasteiger partial charge in [-0.1, -0.05) is 6.92 Å². The van der Waals surface area contributed by atoms with Crippen molar-refractivity contribution >= 4 is 6.41 Å². The van der Waals surface area contributed by atoms with Crippen LogP contribution in [0.15, 0.2) is 0 Å². The fourth-order valence-electron chi connectivity index (χ4n) is 1.79. The first-order chi connectivity index (χ1) is 6.86. The summed E-state index contributed by atoms with van der Waals surface area (Å²) in [6.07, 6.45) is 1.83. The van der Waals surface area contributed by atoms with Crippen LogP contribution in [0.5, 0.6) is 0 Å². The molecule has 0 aromatic rings. The molecule has 0 saturated carbocycles. The van der Waals surface area contributed by atoms with Crippen LogP contribution in [0.2, 0.25) is 0 Å². The van der Waals surface area contributed by atoms with E-state index >= 15 is 0 Å². The zero-order valence-electron chi connectivity index (χ0n) is 9.04. The zero-order valence-corrected chi connectivity index (χ0v) is 9.04. The Bertz CT molecular complexity index is 155. The molecule has 0 spiro atoms. The molecule has 1 saturated heterocycles. The summed E-state index contributed by atoms with van der Waals surface area (Å²) < 4.78 is 0. The van der Waals surface area contributed by atoms with Gasteiger partial charge in [0.2, 0.25) is 6.41 Å². The van der Waals surface area contributed by atoms with Gasteiger partial charge in [0.1, 0.15) is 0 Å². The van der Waals surface area contributed by atoms with Gasteiger partial charge in [-0.15, -0.1) is 0 Å². The van der Waals surface area contributed by atoms with E-state index < -0.39 is 0 Å². The quantitative estimate of drug-likeness (QED) is 0.474. The first-order valence-corrected chi connectivity index (χ1v) is 5.48. The van der Waals surface area contributed by atoms with Crippen LogP contribution in [-0.2, 0) is 4.79 Å². The Kier molecular flexibility index (Phi) is 5.56. The van der Waals surface area contributed by atoms with Gasteiger partial charge < -0.3 is 15.1 Å². The van der Waals surface area contributed by atoms with E-state index in [4.69, 9.17) is 0 Å². The molecule has 0 aromatic heterocycles. The SMILES string of the molecule is CCN1CCN(CCCNC=O)CC1. The highest BCUT2D eigenvalue weighted by atomic mass is 16.1. The number of piperazine rings is 1. The number of carbonyl (C=O) groups excluding carboxylic acids is 1. The second-order valence-corrected chi connectivity index (χ2v) is 3.70. The molecule has 1 heterocycles. The summed E-state index contributed by atoms with van der Waals surface area (Å²) >= 11 is 0. The molecule has 0 unspecified atom stereocenters. The Morgan fingerprint density at radius 1 is 1.21 bits per heavy atom. The van der Waals surface area contributed by atoms with Gasteiger partial charge in [0.05, 0.1) is 0 Å². The zero-order chi connectivity index (χ0) is 10.2. The second-order valence-electron chi connectivity index (χ2n) is 3.70. The van der Waals surface area contributed by atoms with Gasteiger partial charge in [-0.3, -0.25) is 4.79 Å². The predicted molar refractivity (Wildman–Crippen MR) is 57.2 cm³/mol. The number of nitrogens with zero attached hydrogens (tertiary/aromatic N) is 2. The van der Waals surface area contributed by atoms with Gasteiger partial charge in [-0.25, -0.2) is 0 Å². The third-order valence-corrected chi connectivity index (χ3v) is 2.79. The Morgan fingerprint density at radius 2 is 1.86 bits per heavy atom. The van der Waals surface area contributed by atoms with Crippen molar-refractivity contribution in [1.29, 1.82) is 0 Å². The fourth-order valence-corrected chi connectivity index (χ4v) is 1.79. The van der Waals surface area contributed by atoms with Crippen LogP contribution in [0.25, 0.3) is 0 Å². The fraction of sp³-hybridized carbons (Fsp3) is 0.900. The molecule has 1 aliphatic heterocycles. The lowest BCUT2D eigenvalue weighted by Gasteiger charge is -2.33. The van der Waals surface area contributed by atoms with Crippen molar-refractivity contribution in [3.05, 3.63) is 0 Å². The minimum absolute atomic E-state index is 0.773. The van der Waals surface area contributed by atoms with Gasteiger partial charge in [-0.05, 0) is 19.5 Å². The standard InChI is InChI=1S/C10H21N3O/c1-2-12-6-8-13(9-7-12)5-3-4-11-10-14/h10H,2-9H2,1H3,(H,11,14). The maximum atomic E-state index is 10.0. The highest BCUT2D eigenvalue weighted by molar-refractivity contribution is 5.45. The van der Waals surface area contributed by atoms with Crippen molar-refractivity contribution in [3.8, 4) is 0 Å². The number of amides is 1. The summed E-state index contributed by atoms with van der Waals surface area (Å²) in [5.74, 6) is 0. The molecular weight excluding hydrogens is 178 g/mol. The van der Waals surface area contributed by atoms with Crippen LogP contribution in [0, 0.1) is 0 Å². The van der Waals surface area contributed by atoms with Crippen LogP contribution >= 0.6 is 0 Å². The van der Waals surface area contributed by atoms with E-state index in [9.17, 15) is 4.79 Å². The summed E-state index contributed by atoms with van der Waals surface area (Å²) in [5, 5.41) is 2.69. The van der Waals surface area contributed by atoms with Gasteiger partial charge in [0, 0.05) is 32.7 Å². The summed E-state index contributed by atoms with van der Waals surface area (Å²) in [6.45, 7) is 10.0. The normalized spacial score (nSPS) is 19.5. The monoisotopic (exact) mass is 199 g/mol. The van der Waals surface area contributed by atoms with Gasteiger partial charge >= 0.3 is 0 Å². The number of nitrogens with one attached hydrogen (secondary N) is 1. The predicted octanol–water partition coefficient (Wildman–Crippen LogP) is -0.240. The second kappa shape index (κ2) is 6.79. The number of carbonyl (C=O) groups is 1. The molecule has 1 amide bonds. The van der Waals surface area contributed by atoms with Crippen LogP contribution in [0.3, 0.4) is 0 Å². The Hall–Kier alpha value is -0.610. The van der Waals surface area contributed by atoms with Gasteiger partial charge in [-0.2, -0.15) is 0 Å². The smallest absolute Gasteiger partial charge is 0.207 e. The molecule has 14 heavy (non-hydrogen) atoms. The number of hydrogen-bond donors (Lipinski definition) is 1. The first kappa shape index (κ1) is 11.5. The average Bonchev–Trinajstić information content (AvgIpc) is 2.25. The lowest BCUT2D eigenvalue weighted by Crippen LogP contribution is -2.46. The summed E-state index contributed by atoms with van der Waals surface area (Å²) in [7, 11) is 0. The Labute approximate surface area is 86.2 Å². The minimum Gasteiger partial charge on any atom is -0.359 e. The van der Waals surface area contributed by atoms with Crippen LogP contribution in [0.1, 0.15) is 13.3 Å². The van der Waals surface area contributed by atoms with E-state index in [2.05, 4.69) is 22.0 Å². The van der Waals surface area contributed by atoms with Crippen molar-refractivity contribution < 1.29 is 4.79 Å². The molecular formula is C10H21N3O. The minimum atomic E-state index is 0.773. The molecule has 1 fully saturated rings. The number of hydrogen-bond acceptors (Lipinski definition) is 3. The molecule has 1 aliphatic rings. The molecule has 1 N–H and O–H groups in total. The van der Waals surface area contributed by atoms with Crippen molar-refractivity contribution in [2.24, 2.45) is 0 Å². The van der Waals surface area contributed by atoms with E-state index in [0.29, 0.717) is 0 Å². The third-order valence-electron chi connectivity index (χ3n) is 2.79. The Morgan fingerprint density at radius 3 is 2.43 bits per heavy atom. The topological polar surface area (TPSA) is 35.6 Å². The van der Waals surface area contributed by atoms with Crippen LogP contribution in [0.4, 0.5) is 0 Å². The molecule has 0 aliphatic carbocycles. The average molecular weight is 199 g/mol. The molecule has 4 heteroatoms. The maximum Gasteiger partial charge on any atom is 0.207 e. The van der Waals surface area contributed by atoms with Gasteiger partial charge in [0.25, 0.3) is 0 Å². The largest absolute Gasteiger partial charge is 0.359 e. The molecule has 1 rings (SSSR count). The molecule has 4 nitrogen and oxygen atoms in total. The van der Waals surface area contributed by atoms with E-state index in [-0.39, 0.29) is 0 Å². The van der Waals surface area contributed by atoms with E-state index in [1.165, 1.54) is 32.7 Å². The molecule has 0 bridgehead atoms. The van der Waals surface area contributed by atoms with Crippen molar-refractivity contribution in [2.45, 2.75) is 13.3 Å². The van der Waals surface area contributed by atoms with Crippen LogP contribution < -0.4 is 5.32 Å². The van der Waals surface area contributed by atoms with E-state index in [1.807, 2.05) is 0 Å². The molecule has 82 valence electrons. The van der Waals surface area contributed by atoms with E-state index in [1.54, 1.807) is 0 Å². The highest BCUT2D eigenvalue weighted by Crippen LogP contribution is 2.01. The maximum absolute atomic E-state index is 10.0. The van der Waals surface area contributed by atoms with Gasteiger partial charge in [0.15, 0.2) is 0 Å². The van der Waals surface area contributed by atoms with Crippen molar-refractivity contribution in [2.75, 3.05) is 45.8 Å². The lowest BCUT2D eigenvalue weighted by atomic mass is 10.3. The molecule has 0 aromatic carbocycles. The lowest BCUT2D eigenvalue weighted by molar-refractivity contribution is -0.109. The number of rotatable bonds is 6. The Balaban J connectivity index is 2.01. The van der Waals surface area contributed by atoms with Crippen LogP contribution in [-0.4, -0.2) is 62.0 Å². The highest BCUT2D eigenvalue weighted by Gasteiger charge is 2.14. The third kappa shape index (κ3) is 4.07. The summed E-state index contributed by atoms with van der Waals surface area (Å²) in [6, 6.07) is 0. The molecule has 0 radical (unpaired) electrons. The number of likely N-dealkylation sites (N-methyl/N-ethyl adjacent to an activating group) is 1. The summed E-state index contributed by atoms with van der Waals surface area (Å²) in [4.78, 5) is 14.9. The van der Waals surface area contributed by atoms with Crippen molar-refractivity contribution in [1.82, 2.24) is 15.1 Å². The van der Waals surface area contributed by atoms with Crippen molar-refractivity contribution in [3.63, 3.8) is 0 Å². The first-order valence-electron chi connectivity index (χ1n) is 5.48. The van der Waals surface area contributed by atoms with E-state index in [0.717, 1.165) is 25.9 Å². The molecule has 0 atom stereocenters.